The van der Waals surface area contributed by atoms with E-state index in [1.807, 2.05) is 6.07 Å². The predicted octanol–water partition coefficient (Wildman–Crippen LogP) is 3.33. The summed E-state index contributed by atoms with van der Waals surface area (Å²) in [6, 6.07) is 7.18. The Morgan fingerprint density at radius 1 is 1.18 bits per heavy atom. The fourth-order valence-electron chi connectivity index (χ4n) is 4.40. The minimum Gasteiger partial charge on any atom is -0.490 e. The predicted molar refractivity (Wildman–Crippen MR) is 124 cm³/mol. The summed E-state index contributed by atoms with van der Waals surface area (Å²) < 4.78 is 6.01. The molecule has 2 aliphatic rings. The Morgan fingerprint density at radius 2 is 1.88 bits per heavy atom. The Hall–Kier alpha value is -2.89. The fraction of sp³-hybridized carbons (Fsp3) is 0.500. The summed E-state index contributed by atoms with van der Waals surface area (Å²) in [4.78, 5) is 23.3. The Morgan fingerprint density at radius 3 is 2.48 bits per heavy atom. The number of aliphatic hydroxyl groups is 1. The average Bonchev–Trinajstić information content (AvgIpc) is 2.85. The highest BCUT2D eigenvalue weighted by Gasteiger charge is 2.25. The number of anilines is 1. The maximum atomic E-state index is 12.6. The number of nitriles is 1. The maximum absolute atomic E-state index is 12.6. The van der Waals surface area contributed by atoms with E-state index < -0.39 is 0 Å². The monoisotopic (exact) mass is 469 g/mol. The van der Waals surface area contributed by atoms with Gasteiger partial charge in [-0.05, 0) is 56.6 Å². The average molecular weight is 470 g/mol. The number of ether oxygens (including phenoxy) is 1. The molecule has 1 aromatic carbocycles. The first-order valence-electron chi connectivity index (χ1n) is 11.4. The zero-order valence-corrected chi connectivity index (χ0v) is 19.2. The molecule has 1 saturated carbocycles. The number of carbonyl (C=O) groups excluding carboxylic acids is 1. The summed E-state index contributed by atoms with van der Waals surface area (Å²) >= 11 is 6.08. The van der Waals surface area contributed by atoms with Gasteiger partial charge in [0.25, 0.3) is 5.91 Å². The number of amides is 1. The van der Waals surface area contributed by atoms with Gasteiger partial charge in [-0.1, -0.05) is 11.6 Å². The molecule has 2 N–H and O–H groups in total. The molecule has 1 aromatic heterocycles. The lowest BCUT2D eigenvalue weighted by atomic mass is 9.93. The van der Waals surface area contributed by atoms with E-state index in [1.165, 1.54) is 0 Å². The Bertz CT molecular complexity index is 994. The lowest BCUT2D eigenvalue weighted by Crippen LogP contribution is -2.40. The van der Waals surface area contributed by atoms with E-state index in [4.69, 9.17) is 21.6 Å². The van der Waals surface area contributed by atoms with Crippen molar-refractivity contribution in [1.82, 2.24) is 15.3 Å². The number of nitrogens with one attached hydrogen (secondary N) is 1. The van der Waals surface area contributed by atoms with Crippen LogP contribution in [-0.4, -0.2) is 52.8 Å². The van der Waals surface area contributed by atoms with Crippen LogP contribution in [-0.2, 0) is 0 Å². The first kappa shape index (κ1) is 23.3. The Balaban J connectivity index is 1.24. The molecule has 33 heavy (non-hydrogen) atoms. The molecule has 1 saturated heterocycles. The van der Waals surface area contributed by atoms with Crippen molar-refractivity contribution >= 4 is 23.2 Å². The number of rotatable bonds is 6. The fourth-order valence-corrected chi connectivity index (χ4v) is 4.62. The topological polar surface area (TPSA) is 111 Å². The van der Waals surface area contributed by atoms with Gasteiger partial charge in [0.15, 0.2) is 0 Å². The zero-order valence-electron chi connectivity index (χ0n) is 18.4. The highest BCUT2D eigenvalue weighted by Crippen LogP contribution is 2.27. The third-order valence-electron chi connectivity index (χ3n) is 6.45. The normalized spacial score (nSPS) is 21.3. The van der Waals surface area contributed by atoms with Gasteiger partial charge in [-0.15, -0.1) is 0 Å². The van der Waals surface area contributed by atoms with Crippen molar-refractivity contribution in [1.29, 1.82) is 5.26 Å². The summed E-state index contributed by atoms with van der Waals surface area (Å²) in [5.41, 5.74) is 1.33. The van der Waals surface area contributed by atoms with Crippen LogP contribution in [0, 0.1) is 17.2 Å². The molecule has 0 spiro atoms. The summed E-state index contributed by atoms with van der Waals surface area (Å²) in [5.74, 6) is 0.938. The molecule has 0 radical (unpaired) electrons. The van der Waals surface area contributed by atoms with Gasteiger partial charge in [0.05, 0.1) is 34.8 Å². The van der Waals surface area contributed by atoms with Crippen LogP contribution in [0.3, 0.4) is 0 Å². The number of aromatic nitrogens is 2. The molecule has 1 amide bonds. The van der Waals surface area contributed by atoms with Gasteiger partial charge in [-0.2, -0.15) is 5.26 Å². The Kier molecular flexibility index (Phi) is 7.63. The third-order valence-corrected chi connectivity index (χ3v) is 6.77. The van der Waals surface area contributed by atoms with Crippen molar-refractivity contribution < 1.29 is 14.6 Å². The number of piperidine rings is 1. The van der Waals surface area contributed by atoms with E-state index in [9.17, 15) is 9.90 Å². The highest BCUT2D eigenvalue weighted by molar-refractivity contribution is 6.31. The van der Waals surface area contributed by atoms with Crippen molar-refractivity contribution in [2.75, 3.05) is 24.6 Å². The van der Waals surface area contributed by atoms with Gasteiger partial charge in [-0.3, -0.25) is 4.79 Å². The summed E-state index contributed by atoms with van der Waals surface area (Å²) in [7, 11) is 0. The van der Waals surface area contributed by atoms with Crippen LogP contribution in [0.1, 0.15) is 54.7 Å². The van der Waals surface area contributed by atoms with Gasteiger partial charge < -0.3 is 20.1 Å². The smallest absolute Gasteiger partial charge is 0.289 e. The zero-order chi connectivity index (χ0) is 23.2. The number of hydrogen-bond acceptors (Lipinski definition) is 7. The molecule has 2 heterocycles. The first-order chi connectivity index (χ1) is 16.1. The van der Waals surface area contributed by atoms with Gasteiger partial charge in [-0.25, -0.2) is 9.97 Å². The second-order valence-electron chi connectivity index (χ2n) is 8.70. The lowest BCUT2D eigenvalue weighted by Gasteiger charge is -2.32. The minimum atomic E-state index is -0.260. The molecule has 1 aliphatic heterocycles. The molecule has 2 fully saturated rings. The third kappa shape index (κ3) is 5.92. The molecule has 1 aliphatic carbocycles. The van der Waals surface area contributed by atoms with E-state index in [0.717, 1.165) is 57.3 Å². The van der Waals surface area contributed by atoms with Crippen molar-refractivity contribution in [2.24, 2.45) is 5.92 Å². The van der Waals surface area contributed by atoms with Crippen LogP contribution >= 0.6 is 11.6 Å². The molecule has 174 valence electrons. The number of nitrogens with zero attached hydrogens (tertiary/aromatic N) is 4. The molecule has 9 heteroatoms. The SMILES string of the molecule is N#Cc1ccc(O[C@H]2CC[C@H](NC(=O)c3ncc(N4CCC(CO)CC4)cn3)CC2)cc1Cl. The van der Waals surface area contributed by atoms with Crippen LogP contribution in [0.15, 0.2) is 30.6 Å². The second-order valence-corrected chi connectivity index (χ2v) is 9.10. The first-order valence-corrected chi connectivity index (χ1v) is 11.8. The number of halogens is 1. The van der Waals surface area contributed by atoms with E-state index in [1.54, 1.807) is 30.6 Å². The summed E-state index contributed by atoms with van der Waals surface area (Å²) in [5, 5.41) is 21.7. The quantitative estimate of drug-likeness (QED) is 0.667. The van der Waals surface area contributed by atoms with E-state index in [-0.39, 0.29) is 30.5 Å². The molecule has 0 unspecified atom stereocenters. The van der Waals surface area contributed by atoms with E-state index in [0.29, 0.717) is 22.3 Å². The van der Waals surface area contributed by atoms with Crippen molar-refractivity contribution in [2.45, 2.75) is 50.7 Å². The number of hydrogen-bond donors (Lipinski definition) is 2. The summed E-state index contributed by atoms with van der Waals surface area (Å²) in [6.45, 7) is 1.96. The van der Waals surface area contributed by atoms with Gasteiger partial charge in [0, 0.05) is 31.8 Å². The maximum Gasteiger partial charge on any atom is 0.289 e. The molecular weight excluding hydrogens is 442 g/mol. The molecule has 0 atom stereocenters. The number of carbonyl (C=O) groups is 1. The van der Waals surface area contributed by atoms with Crippen LogP contribution in [0.5, 0.6) is 5.75 Å². The molecule has 0 bridgehead atoms. The molecule has 8 nitrogen and oxygen atoms in total. The van der Waals surface area contributed by atoms with E-state index in [2.05, 4.69) is 20.2 Å². The van der Waals surface area contributed by atoms with Crippen molar-refractivity contribution in [3.8, 4) is 11.8 Å². The molecule has 4 rings (SSSR count). The highest BCUT2D eigenvalue weighted by atomic mass is 35.5. The van der Waals surface area contributed by atoms with Crippen LogP contribution in [0.25, 0.3) is 0 Å². The largest absolute Gasteiger partial charge is 0.490 e. The Labute approximate surface area is 198 Å². The van der Waals surface area contributed by atoms with Gasteiger partial charge >= 0.3 is 0 Å². The standard InChI is InChI=1S/C24H28ClN5O3/c25-22-11-21(4-1-17(22)12-26)33-20-5-2-18(3-6-20)29-24(32)23-27-13-19(14-28-23)30-9-7-16(15-31)8-10-30/h1,4,11,13-14,16,18,20,31H,2-3,5-10,15H2,(H,29,32)/t18-,20-. The molecule has 2 aromatic rings. The lowest BCUT2D eigenvalue weighted by molar-refractivity contribution is 0.0883. The molecular formula is C24H28ClN5O3. The minimum absolute atomic E-state index is 0.0488. The number of benzene rings is 1. The van der Waals surface area contributed by atoms with Gasteiger partial charge in [0.1, 0.15) is 11.8 Å². The van der Waals surface area contributed by atoms with E-state index >= 15 is 0 Å². The van der Waals surface area contributed by atoms with Crippen LogP contribution in [0.2, 0.25) is 5.02 Å². The van der Waals surface area contributed by atoms with Crippen LogP contribution < -0.4 is 15.0 Å². The number of aliphatic hydroxyl groups excluding tert-OH is 1. The van der Waals surface area contributed by atoms with Crippen molar-refractivity contribution in [3.05, 3.63) is 47.0 Å². The van der Waals surface area contributed by atoms with Gasteiger partial charge in [0.2, 0.25) is 5.82 Å². The van der Waals surface area contributed by atoms with Crippen LogP contribution in [0.4, 0.5) is 5.69 Å². The second kappa shape index (κ2) is 10.8. The summed E-state index contributed by atoms with van der Waals surface area (Å²) in [6.07, 6.45) is 8.58. The van der Waals surface area contributed by atoms with Crippen molar-refractivity contribution in [3.63, 3.8) is 0 Å².